The van der Waals surface area contributed by atoms with E-state index >= 15 is 0 Å². The van der Waals surface area contributed by atoms with Crippen LogP contribution in [0, 0.1) is 0 Å². The van der Waals surface area contributed by atoms with Crippen LogP contribution in [0.1, 0.15) is 12.6 Å². The normalized spacial score (nSPS) is 21.6. The molecule has 2 rings (SSSR count). The maximum Gasteiger partial charge on any atom is 0.352 e. The minimum Gasteiger partial charge on any atom is -0.480 e. The van der Waals surface area contributed by atoms with E-state index in [2.05, 4.69) is 4.98 Å². The summed E-state index contributed by atoms with van der Waals surface area (Å²) in [4.78, 5) is 25.9. The third kappa shape index (κ3) is 4.47. The summed E-state index contributed by atoms with van der Waals surface area (Å²) in [7, 11) is 0. The Balaban J connectivity index is 1.87. The van der Waals surface area contributed by atoms with Crippen molar-refractivity contribution >= 4 is 23.5 Å². The Morgan fingerprint density at radius 3 is 2.96 bits per heavy atom. The standard InChI is InChI=1S/C13H18N4O5S/c14-8(12(19)20)2-4-23-6-7-5-9(18)11(22-7)17-3-1-10(15)16-13(17)21/h1,3,5,8-9,11,18H,2,4,6,14H2,(H,19,20)(H2,15,16,21). The van der Waals surface area contributed by atoms with E-state index in [0.717, 1.165) is 4.57 Å². The number of anilines is 1. The minimum atomic E-state index is -1.03. The van der Waals surface area contributed by atoms with Crippen molar-refractivity contribution in [2.24, 2.45) is 5.73 Å². The third-order valence-corrected chi connectivity index (χ3v) is 4.19. The van der Waals surface area contributed by atoms with Crippen LogP contribution in [-0.2, 0) is 9.53 Å². The number of ether oxygens (including phenoxy) is 1. The summed E-state index contributed by atoms with van der Waals surface area (Å²) in [5, 5.41) is 18.7. The van der Waals surface area contributed by atoms with Crippen LogP contribution in [0.5, 0.6) is 0 Å². The molecule has 0 spiro atoms. The van der Waals surface area contributed by atoms with Gasteiger partial charge in [-0.1, -0.05) is 0 Å². The van der Waals surface area contributed by atoms with E-state index < -0.39 is 30.0 Å². The molecular formula is C13H18N4O5S. The molecule has 0 radical (unpaired) electrons. The number of nitrogens with two attached hydrogens (primary N) is 2. The molecule has 0 amide bonds. The van der Waals surface area contributed by atoms with Gasteiger partial charge in [0.15, 0.2) is 0 Å². The van der Waals surface area contributed by atoms with Gasteiger partial charge in [0, 0.05) is 6.20 Å². The average molecular weight is 342 g/mol. The number of nitrogen functional groups attached to an aromatic ring is 1. The zero-order valence-corrected chi connectivity index (χ0v) is 13.0. The van der Waals surface area contributed by atoms with Crippen molar-refractivity contribution in [3.63, 3.8) is 0 Å². The molecule has 0 aromatic carbocycles. The van der Waals surface area contributed by atoms with Crippen LogP contribution in [0.15, 0.2) is 28.9 Å². The molecule has 1 aliphatic rings. The van der Waals surface area contributed by atoms with Crippen LogP contribution in [0.25, 0.3) is 0 Å². The first-order chi connectivity index (χ1) is 10.9. The molecule has 3 atom stereocenters. The highest BCUT2D eigenvalue weighted by atomic mass is 32.2. The number of nitrogens with zero attached hydrogens (tertiary/aromatic N) is 2. The number of thioether (sulfide) groups is 1. The summed E-state index contributed by atoms with van der Waals surface area (Å²) in [6, 6.07) is 0.552. The van der Waals surface area contributed by atoms with Gasteiger partial charge in [0.05, 0.1) is 5.75 Å². The van der Waals surface area contributed by atoms with E-state index in [4.69, 9.17) is 21.3 Å². The number of aliphatic hydroxyl groups excluding tert-OH is 1. The summed E-state index contributed by atoms with van der Waals surface area (Å²) in [6.07, 6.45) is 1.40. The van der Waals surface area contributed by atoms with Crippen LogP contribution < -0.4 is 17.2 Å². The van der Waals surface area contributed by atoms with E-state index in [1.807, 2.05) is 0 Å². The molecule has 0 fully saturated rings. The first-order valence-electron chi connectivity index (χ1n) is 6.84. The molecule has 3 unspecified atom stereocenters. The number of carboxylic acid groups (broad SMARTS) is 1. The molecule has 9 nitrogen and oxygen atoms in total. The summed E-state index contributed by atoms with van der Waals surface area (Å²) >= 11 is 1.43. The first-order valence-corrected chi connectivity index (χ1v) is 8.00. The highest BCUT2D eigenvalue weighted by Crippen LogP contribution is 2.27. The van der Waals surface area contributed by atoms with Gasteiger partial charge in [0.1, 0.15) is 23.7 Å². The summed E-state index contributed by atoms with van der Waals surface area (Å²) in [5.41, 5.74) is 10.2. The molecule has 23 heavy (non-hydrogen) atoms. The Kier molecular flexibility index (Phi) is 5.64. The van der Waals surface area contributed by atoms with Crippen molar-refractivity contribution < 1.29 is 19.7 Å². The van der Waals surface area contributed by atoms with Crippen molar-refractivity contribution in [1.82, 2.24) is 9.55 Å². The van der Waals surface area contributed by atoms with Crippen LogP contribution in [0.3, 0.4) is 0 Å². The fourth-order valence-corrected chi connectivity index (χ4v) is 2.90. The second kappa shape index (κ2) is 7.49. The maximum atomic E-state index is 11.8. The molecule has 1 aliphatic heterocycles. The van der Waals surface area contributed by atoms with Crippen LogP contribution in [0.4, 0.5) is 5.82 Å². The number of aromatic nitrogens is 2. The van der Waals surface area contributed by atoms with Crippen molar-refractivity contribution in [2.75, 3.05) is 17.2 Å². The van der Waals surface area contributed by atoms with Gasteiger partial charge in [-0.3, -0.25) is 9.36 Å². The lowest BCUT2D eigenvalue weighted by Gasteiger charge is -2.18. The average Bonchev–Trinajstić information content (AvgIpc) is 2.84. The number of hydrogen-bond donors (Lipinski definition) is 4. The molecule has 0 bridgehead atoms. The third-order valence-electron chi connectivity index (χ3n) is 3.18. The van der Waals surface area contributed by atoms with Crippen LogP contribution in [0.2, 0.25) is 0 Å². The summed E-state index contributed by atoms with van der Waals surface area (Å²) in [5.74, 6) is 0.556. The zero-order valence-electron chi connectivity index (χ0n) is 12.2. The number of rotatable bonds is 7. The molecular weight excluding hydrogens is 324 g/mol. The van der Waals surface area contributed by atoms with Gasteiger partial charge in [0.25, 0.3) is 0 Å². The topological polar surface area (TPSA) is 154 Å². The summed E-state index contributed by atoms with van der Waals surface area (Å²) in [6.45, 7) is 0. The zero-order chi connectivity index (χ0) is 17.0. The van der Waals surface area contributed by atoms with E-state index in [9.17, 15) is 14.7 Å². The Labute approximate surface area is 135 Å². The van der Waals surface area contributed by atoms with Crippen LogP contribution in [-0.4, -0.2) is 49.4 Å². The van der Waals surface area contributed by atoms with Crippen molar-refractivity contribution in [1.29, 1.82) is 0 Å². The van der Waals surface area contributed by atoms with Gasteiger partial charge in [-0.05, 0) is 24.3 Å². The van der Waals surface area contributed by atoms with Crippen LogP contribution >= 0.6 is 11.8 Å². The number of hydrogen-bond acceptors (Lipinski definition) is 8. The Morgan fingerprint density at radius 2 is 2.30 bits per heavy atom. The van der Waals surface area contributed by atoms with E-state index in [0.29, 0.717) is 23.7 Å². The van der Waals surface area contributed by atoms with Gasteiger partial charge in [-0.15, -0.1) is 0 Å². The lowest BCUT2D eigenvalue weighted by molar-refractivity contribution is -0.138. The maximum absolute atomic E-state index is 11.8. The second-order valence-electron chi connectivity index (χ2n) is 4.96. The van der Waals surface area contributed by atoms with E-state index in [1.54, 1.807) is 0 Å². The fraction of sp³-hybridized carbons (Fsp3) is 0.462. The molecule has 1 aromatic heterocycles. The predicted molar refractivity (Wildman–Crippen MR) is 84.7 cm³/mol. The molecule has 0 aliphatic carbocycles. The highest BCUT2D eigenvalue weighted by Gasteiger charge is 2.29. The van der Waals surface area contributed by atoms with E-state index in [1.165, 1.54) is 30.1 Å². The smallest absolute Gasteiger partial charge is 0.352 e. The van der Waals surface area contributed by atoms with Crippen molar-refractivity contribution in [3.05, 3.63) is 34.6 Å². The quantitative estimate of drug-likeness (QED) is 0.463. The predicted octanol–water partition coefficient (Wildman–Crippen LogP) is -0.866. The molecule has 1 aromatic rings. The minimum absolute atomic E-state index is 0.0947. The molecule has 6 N–H and O–H groups in total. The molecule has 0 saturated carbocycles. The van der Waals surface area contributed by atoms with Gasteiger partial charge in [0.2, 0.25) is 6.23 Å². The van der Waals surface area contributed by atoms with Gasteiger partial charge in [-0.25, -0.2) is 4.79 Å². The molecule has 10 heteroatoms. The molecule has 2 heterocycles. The van der Waals surface area contributed by atoms with Gasteiger partial charge >= 0.3 is 11.7 Å². The fourth-order valence-electron chi connectivity index (χ4n) is 1.97. The monoisotopic (exact) mass is 342 g/mol. The highest BCUT2D eigenvalue weighted by molar-refractivity contribution is 7.99. The van der Waals surface area contributed by atoms with Gasteiger partial charge < -0.3 is 26.4 Å². The lowest BCUT2D eigenvalue weighted by atomic mass is 10.2. The number of carbonyl (C=O) groups is 1. The number of aliphatic hydroxyl groups is 1. The number of carboxylic acids is 1. The molecule has 0 saturated heterocycles. The first kappa shape index (κ1) is 17.3. The van der Waals surface area contributed by atoms with Gasteiger partial charge in [-0.2, -0.15) is 16.7 Å². The van der Waals surface area contributed by atoms with E-state index in [-0.39, 0.29) is 5.82 Å². The Bertz CT molecular complexity index is 662. The van der Waals surface area contributed by atoms with Crippen molar-refractivity contribution in [3.8, 4) is 0 Å². The Hall–Kier alpha value is -2.04. The second-order valence-corrected chi connectivity index (χ2v) is 6.07. The molecule has 126 valence electrons. The summed E-state index contributed by atoms with van der Waals surface area (Å²) < 4.78 is 6.72. The van der Waals surface area contributed by atoms with Crippen molar-refractivity contribution in [2.45, 2.75) is 24.8 Å². The lowest BCUT2D eigenvalue weighted by Crippen LogP contribution is -2.32. The SMILES string of the molecule is Nc1ccn(C2OC(CSCCC(N)C(=O)O)=CC2O)c(=O)n1. The largest absolute Gasteiger partial charge is 0.480 e. The Morgan fingerprint density at radius 1 is 1.57 bits per heavy atom. The number of aliphatic carboxylic acids is 1.